The van der Waals surface area contributed by atoms with E-state index in [2.05, 4.69) is 9.46 Å². The number of benzene rings is 3. The van der Waals surface area contributed by atoms with Crippen LogP contribution in [0.25, 0.3) is 11.1 Å². The molecule has 7 heteroatoms. The molecular formula is C22H21NO5S. The summed E-state index contributed by atoms with van der Waals surface area (Å²) in [6.45, 7) is 0. The second kappa shape index (κ2) is 8.79. The Balaban J connectivity index is 1.69. The molecular weight excluding hydrogens is 390 g/mol. The van der Waals surface area contributed by atoms with Crippen LogP contribution in [0.4, 0.5) is 5.69 Å². The number of nitrogens with one attached hydrogen (secondary N) is 1. The number of anilines is 1. The number of rotatable bonds is 7. The maximum Gasteiger partial charge on any atom is 0.337 e. The molecule has 0 radical (unpaired) electrons. The second-order valence-corrected chi connectivity index (χ2v) is 8.08. The molecule has 3 rings (SSSR count). The van der Waals surface area contributed by atoms with Crippen LogP contribution in [0.15, 0.2) is 72.8 Å². The van der Waals surface area contributed by atoms with Gasteiger partial charge in [-0.25, -0.2) is 13.2 Å². The van der Waals surface area contributed by atoms with E-state index in [1.807, 2.05) is 36.4 Å². The standard InChI is InChI=1S/C22H21NO5S/c1-27-21-5-3-4-19(14-21)17-10-12-20(13-11-17)23-29(25,26)15-16-6-8-18(9-7-16)22(24)28-2/h3-14,23H,15H2,1-2H3. The average molecular weight is 411 g/mol. The Kier molecular flexibility index (Phi) is 6.19. The Morgan fingerprint density at radius 1 is 0.897 bits per heavy atom. The quantitative estimate of drug-likeness (QED) is 0.592. The van der Waals surface area contributed by atoms with Gasteiger partial charge < -0.3 is 9.47 Å². The molecule has 3 aromatic rings. The van der Waals surface area contributed by atoms with E-state index < -0.39 is 16.0 Å². The van der Waals surface area contributed by atoms with Gasteiger partial charge in [0.15, 0.2) is 0 Å². The monoisotopic (exact) mass is 411 g/mol. The zero-order valence-corrected chi connectivity index (χ0v) is 16.9. The minimum absolute atomic E-state index is 0.202. The van der Waals surface area contributed by atoms with Crippen LogP contribution in [0.2, 0.25) is 0 Å². The predicted molar refractivity (Wildman–Crippen MR) is 112 cm³/mol. The summed E-state index contributed by atoms with van der Waals surface area (Å²) in [5.41, 5.74) is 3.34. The van der Waals surface area contributed by atoms with E-state index in [1.54, 1.807) is 43.5 Å². The average Bonchev–Trinajstić information content (AvgIpc) is 2.73. The summed E-state index contributed by atoms with van der Waals surface area (Å²) in [7, 11) is -0.694. The van der Waals surface area contributed by atoms with Crippen molar-refractivity contribution in [1.29, 1.82) is 0 Å². The fourth-order valence-electron chi connectivity index (χ4n) is 2.82. The van der Waals surface area contributed by atoms with Gasteiger partial charge in [-0.05, 0) is 53.1 Å². The van der Waals surface area contributed by atoms with E-state index in [9.17, 15) is 13.2 Å². The van der Waals surface area contributed by atoms with Gasteiger partial charge in [0.25, 0.3) is 0 Å². The third-order valence-electron chi connectivity index (χ3n) is 4.29. The normalized spacial score (nSPS) is 11.0. The van der Waals surface area contributed by atoms with Crippen LogP contribution < -0.4 is 9.46 Å². The lowest BCUT2D eigenvalue weighted by atomic mass is 10.1. The largest absolute Gasteiger partial charge is 0.497 e. The zero-order chi connectivity index (χ0) is 20.9. The van der Waals surface area contributed by atoms with Gasteiger partial charge in [0.2, 0.25) is 10.0 Å². The first-order valence-electron chi connectivity index (χ1n) is 8.82. The van der Waals surface area contributed by atoms with Crippen molar-refractivity contribution < 1.29 is 22.7 Å². The molecule has 0 saturated heterocycles. The highest BCUT2D eigenvalue weighted by molar-refractivity contribution is 7.91. The van der Waals surface area contributed by atoms with Crippen molar-refractivity contribution in [2.75, 3.05) is 18.9 Å². The number of sulfonamides is 1. The molecule has 150 valence electrons. The van der Waals surface area contributed by atoms with Crippen molar-refractivity contribution in [2.45, 2.75) is 5.75 Å². The lowest BCUT2D eigenvalue weighted by molar-refractivity contribution is 0.0600. The van der Waals surface area contributed by atoms with Crippen molar-refractivity contribution >= 4 is 21.7 Å². The Morgan fingerprint density at radius 3 is 2.21 bits per heavy atom. The van der Waals surface area contributed by atoms with E-state index >= 15 is 0 Å². The number of carbonyl (C=O) groups excluding carboxylic acids is 1. The van der Waals surface area contributed by atoms with E-state index in [0.717, 1.165) is 16.9 Å². The fourth-order valence-corrected chi connectivity index (χ4v) is 4.02. The highest BCUT2D eigenvalue weighted by Crippen LogP contribution is 2.25. The van der Waals surface area contributed by atoms with Crippen LogP contribution in [0.3, 0.4) is 0 Å². The van der Waals surface area contributed by atoms with Crippen LogP contribution in [0, 0.1) is 0 Å². The zero-order valence-electron chi connectivity index (χ0n) is 16.1. The van der Waals surface area contributed by atoms with Crippen LogP contribution in [0.5, 0.6) is 5.75 Å². The Bertz CT molecular complexity index is 1090. The molecule has 0 fully saturated rings. The topological polar surface area (TPSA) is 81.7 Å². The van der Waals surface area contributed by atoms with Crippen molar-refractivity contribution in [2.24, 2.45) is 0 Å². The summed E-state index contributed by atoms with van der Waals surface area (Å²) in [4.78, 5) is 11.5. The van der Waals surface area contributed by atoms with Crippen molar-refractivity contribution in [1.82, 2.24) is 0 Å². The minimum Gasteiger partial charge on any atom is -0.497 e. The number of methoxy groups -OCH3 is 2. The number of carbonyl (C=O) groups is 1. The maximum atomic E-state index is 12.5. The van der Waals surface area contributed by atoms with Crippen LogP contribution in [-0.4, -0.2) is 28.6 Å². The summed E-state index contributed by atoms with van der Waals surface area (Å²) < 4.78 is 37.4. The molecule has 0 saturated carbocycles. The first kappa shape index (κ1) is 20.4. The van der Waals surface area contributed by atoms with E-state index in [-0.39, 0.29) is 5.75 Å². The van der Waals surface area contributed by atoms with E-state index in [4.69, 9.17) is 4.74 Å². The van der Waals surface area contributed by atoms with Gasteiger partial charge in [-0.2, -0.15) is 0 Å². The van der Waals surface area contributed by atoms with Gasteiger partial charge in [0.05, 0.1) is 25.5 Å². The molecule has 0 heterocycles. The fraction of sp³-hybridized carbons (Fsp3) is 0.136. The van der Waals surface area contributed by atoms with Crippen molar-refractivity contribution in [3.63, 3.8) is 0 Å². The molecule has 1 N–H and O–H groups in total. The minimum atomic E-state index is -3.60. The summed E-state index contributed by atoms with van der Waals surface area (Å²) in [5, 5.41) is 0. The van der Waals surface area contributed by atoms with Gasteiger partial charge in [0.1, 0.15) is 5.75 Å². The van der Waals surface area contributed by atoms with Crippen molar-refractivity contribution in [3.8, 4) is 16.9 Å². The number of esters is 1. The van der Waals surface area contributed by atoms with Crippen LogP contribution in [0.1, 0.15) is 15.9 Å². The number of hydrogen-bond acceptors (Lipinski definition) is 5. The predicted octanol–water partition coefficient (Wildman–Crippen LogP) is 4.09. The molecule has 0 spiro atoms. The van der Waals surface area contributed by atoms with Gasteiger partial charge in [-0.15, -0.1) is 0 Å². The molecule has 3 aromatic carbocycles. The molecule has 0 atom stereocenters. The highest BCUT2D eigenvalue weighted by Gasteiger charge is 2.13. The third kappa shape index (κ3) is 5.36. The van der Waals surface area contributed by atoms with Gasteiger partial charge in [0, 0.05) is 5.69 Å². The highest BCUT2D eigenvalue weighted by atomic mass is 32.2. The molecule has 0 aromatic heterocycles. The molecule has 29 heavy (non-hydrogen) atoms. The summed E-state index contributed by atoms with van der Waals surface area (Å²) in [5.74, 6) is 0.0886. The molecule has 0 aliphatic rings. The van der Waals surface area contributed by atoms with Crippen molar-refractivity contribution in [3.05, 3.63) is 83.9 Å². The number of ether oxygens (including phenoxy) is 2. The second-order valence-electron chi connectivity index (χ2n) is 6.36. The SMILES string of the molecule is COC(=O)c1ccc(CS(=O)(=O)Nc2ccc(-c3cccc(OC)c3)cc2)cc1. The van der Waals surface area contributed by atoms with Gasteiger partial charge in [-0.3, -0.25) is 4.72 Å². The molecule has 0 aliphatic heterocycles. The Labute approximate surface area is 170 Å². The van der Waals surface area contributed by atoms with Crippen LogP contribution in [-0.2, 0) is 20.5 Å². The van der Waals surface area contributed by atoms with Gasteiger partial charge in [-0.1, -0.05) is 36.4 Å². The van der Waals surface area contributed by atoms with E-state index in [1.165, 1.54) is 7.11 Å². The lowest BCUT2D eigenvalue weighted by Gasteiger charge is -2.10. The molecule has 6 nitrogen and oxygen atoms in total. The van der Waals surface area contributed by atoms with E-state index in [0.29, 0.717) is 16.8 Å². The lowest BCUT2D eigenvalue weighted by Crippen LogP contribution is -2.15. The molecule has 0 bridgehead atoms. The first-order chi connectivity index (χ1) is 13.9. The summed E-state index contributed by atoms with van der Waals surface area (Å²) in [6.07, 6.45) is 0. The molecule has 0 amide bonds. The van der Waals surface area contributed by atoms with Crippen LogP contribution >= 0.6 is 0 Å². The summed E-state index contributed by atoms with van der Waals surface area (Å²) in [6, 6.07) is 21.0. The maximum absolute atomic E-state index is 12.5. The van der Waals surface area contributed by atoms with Gasteiger partial charge >= 0.3 is 5.97 Å². The number of hydrogen-bond donors (Lipinski definition) is 1. The smallest absolute Gasteiger partial charge is 0.337 e. The molecule has 0 unspecified atom stereocenters. The summed E-state index contributed by atoms with van der Waals surface area (Å²) >= 11 is 0. The Hall–Kier alpha value is -3.32. The first-order valence-corrected chi connectivity index (χ1v) is 10.5. The molecule has 0 aliphatic carbocycles. The Morgan fingerprint density at radius 2 is 1.59 bits per heavy atom. The third-order valence-corrected chi connectivity index (χ3v) is 5.55.